The number of nitrogens with one attached hydrogen (secondary N) is 1. The zero-order chi connectivity index (χ0) is 19.5. The average molecular weight is 372 g/mol. The maximum Gasteiger partial charge on any atom is 0.290 e. The Morgan fingerprint density at radius 3 is 2.86 bits per heavy atom. The topological polar surface area (TPSA) is 68.0 Å². The van der Waals surface area contributed by atoms with Crippen LogP contribution in [0.1, 0.15) is 28.7 Å². The lowest BCUT2D eigenvalue weighted by molar-refractivity contribution is 0.0948. The molecule has 0 aliphatic heterocycles. The Morgan fingerprint density at radius 1 is 1.18 bits per heavy atom. The van der Waals surface area contributed by atoms with Crippen molar-refractivity contribution in [2.75, 3.05) is 6.61 Å². The summed E-state index contributed by atoms with van der Waals surface area (Å²) in [6.07, 6.45) is 3.44. The second kappa shape index (κ2) is 7.52. The predicted octanol–water partition coefficient (Wildman–Crippen LogP) is 3.96. The molecule has 4 rings (SSSR count). The molecule has 0 saturated carbocycles. The standard InChI is InChI=1S/C22H20N4O2/c1-3-28-19-12-11-16-8-4-5-9-17(16)18(19)14-23-25-22(27)21-15(2)24-20-10-6-7-13-26(20)21/h4-14H,3H2,1-2H3,(H,25,27)/b23-14+. The number of hydrazone groups is 1. The summed E-state index contributed by atoms with van der Waals surface area (Å²) in [4.78, 5) is 17.1. The Morgan fingerprint density at radius 2 is 2.00 bits per heavy atom. The normalized spacial score (nSPS) is 11.4. The molecule has 2 aromatic carbocycles. The first-order chi connectivity index (χ1) is 13.7. The first kappa shape index (κ1) is 17.7. The fourth-order valence-electron chi connectivity index (χ4n) is 3.29. The predicted molar refractivity (Wildman–Crippen MR) is 110 cm³/mol. The Labute approximate surface area is 162 Å². The maximum atomic E-state index is 12.7. The van der Waals surface area contributed by atoms with E-state index >= 15 is 0 Å². The van der Waals surface area contributed by atoms with Gasteiger partial charge in [-0.05, 0) is 42.8 Å². The first-order valence-electron chi connectivity index (χ1n) is 9.10. The van der Waals surface area contributed by atoms with Crippen LogP contribution < -0.4 is 10.2 Å². The van der Waals surface area contributed by atoms with Crippen LogP contribution in [0.5, 0.6) is 5.75 Å². The molecule has 0 spiro atoms. The van der Waals surface area contributed by atoms with Crippen molar-refractivity contribution in [2.45, 2.75) is 13.8 Å². The molecule has 6 nitrogen and oxygen atoms in total. The van der Waals surface area contributed by atoms with Gasteiger partial charge in [-0.2, -0.15) is 5.10 Å². The zero-order valence-electron chi connectivity index (χ0n) is 15.7. The minimum atomic E-state index is -0.314. The van der Waals surface area contributed by atoms with Crippen molar-refractivity contribution in [1.29, 1.82) is 0 Å². The van der Waals surface area contributed by atoms with Crippen molar-refractivity contribution < 1.29 is 9.53 Å². The van der Waals surface area contributed by atoms with E-state index in [4.69, 9.17) is 4.74 Å². The zero-order valence-corrected chi connectivity index (χ0v) is 15.7. The van der Waals surface area contributed by atoms with Gasteiger partial charge in [0.1, 0.15) is 17.1 Å². The molecule has 1 N–H and O–H groups in total. The van der Waals surface area contributed by atoms with Crippen LogP contribution in [0.4, 0.5) is 0 Å². The lowest BCUT2D eigenvalue weighted by atomic mass is 10.0. The highest BCUT2D eigenvalue weighted by Gasteiger charge is 2.15. The van der Waals surface area contributed by atoms with Gasteiger partial charge < -0.3 is 4.74 Å². The average Bonchev–Trinajstić information content (AvgIpc) is 3.05. The number of carbonyl (C=O) groups excluding carboxylic acids is 1. The molecule has 1 amide bonds. The van der Waals surface area contributed by atoms with E-state index in [0.29, 0.717) is 18.0 Å². The third kappa shape index (κ3) is 3.20. The fraction of sp³-hybridized carbons (Fsp3) is 0.136. The molecule has 4 aromatic rings. The van der Waals surface area contributed by atoms with E-state index in [0.717, 1.165) is 27.7 Å². The summed E-state index contributed by atoms with van der Waals surface area (Å²) < 4.78 is 7.49. The number of imidazole rings is 1. The van der Waals surface area contributed by atoms with Crippen molar-refractivity contribution in [1.82, 2.24) is 14.8 Å². The number of benzene rings is 2. The van der Waals surface area contributed by atoms with E-state index in [1.54, 1.807) is 10.6 Å². The molecule has 0 unspecified atom stereocenters. The third-order valence-electron chi connectivity index (χ3n) is 4.51. The number of fused-ring (bicyclic) bond motifs is 2. The maximum absolute atomic E-state index is 12.7. The van der Waals surface area contributed by atoms with E-state index in [9.17, 15) is 4.79 Å². The number of aromatic nitrogens is 2. The van der Waals surface area contributed by atoms with Crippen molar-refractivity contribution in [3.63, 3.8) is 0 Å². The Bertz CT molecular complexity index is 1190. The molecule has 2 aromatic heterocycles. The molecule has 0 saturated heterocycles. The number of ether oxygens (including phenoxy) is 1. The number of pyridine rings is 1. The number of nitrogens with zero attached hydrogens (tertiary/aromatic N) is 3. The van der Waals surface area contributed by atoms with Crippen LogP contribution in [0.15, 0.2) is 65.9 Å². The van der Waals surface area contributed by atoms with Gasteiger partial charge in [-0.1, -0.05) is 36.4 Å². The molecule has 0 fully saturated rings. The Kier molecular flexibility index (Phi) is 4.76. The monoisotopic (exact) mass is 372 g/mol. The quantitative estimate of drug-likeness (QED) is 0.426. The molecule has 0 bridgehead atoms. The van der Waals surface area contributed by atoms with Gasteiger partial charge in [-0.3, -0.25) is 9.20 Å². The van der Waals surface area contributed by atoms with Gasteiger partial charge in [0, 0.05) is 11.8 Å². The van der Waals surface area contributed by atoms with Gasteiger partial charge in [-0.15, -0.1) is 0 Å². The van der Waals surface area contributed by atoms with E-state index in [-0.39, 0.29) is 5.91 Å². The molecule has 0 atom stereocenters. The molecular weight excluding hydrogens is 352 g/mol. The van der Waals surface area contributed by atoms with Crippen molar-refractivity contribution in [2.24, 2.45) is 5.10 Å². The van der Waals surface area contributed by atoms with E-state index < -0.39 is 0 Å². The number of rotatable bonds is 5. The highest BCUT2D eigenvalue weighted by molar-refractivity contribution is 6.03. The summed E-state index contributed by atoms with van der Waals surface area (Å²) in [5, 5.41) is 6.28. The van der Waals surface area contributed by atoms with Gasteiger partial charge in [0.2, 0.25) is 0 Å². The van der Waals surface area contributed by atoms with Crippen LogP contribution in [-0.4, -0.2) is 28.1 Å². The smallest absolute Gasteiger partial charge is 0.290 e. The Hall–Kier alpha value is -3.67. The molecular formula is C22H20N4O2. The first-order valence-corrected chi connectivity index (χ1v) is 9.10. The summed E-state index contributed by atoms with van der Waals surface area (Å²) in [6.45, 7) is 4.29. The van der Waals surface area contributed by atoms with E-state index in [2.05, 4.69) is 15.5 Å². The highest BCUT2D eigenvalue weighted by Crippen LogP contribution is 2.26. The number of aryl methyl sites for hydroxylation is 1. The Balaban J connectivity index is 1.65. The molecule has 28 heavy (non-hydrogen) atoms. The SMILES string of the molecule is CCOc1ccc2ccccc2c1/C=N/NC(=O)c1c(C)nc2ccccn12. The van der Waals surface area contributed by atoms with Crippen molar-refractivity contribution in [3.8, 4) is 5.75 Å². The number of hydrogen-bond donors (Lipinski definition) is 1. The van der Waals surface area contributed by atoms with Gasteiger partial charge in [0.15, 0.2) is 0 Å². The van der Waals surface area contributed by atoms with Gasteiger partial charge in [0.25, 0.3) is 5.91 Å². The molecule has 0 radical (unpaired) electrons. The minimum absolute atomic E-state index is 0.314. The van der Waals surface area contributed by atoms with Crippen LogP contribution in [0, 0.1) is 6.92 Å². The summed E-state index contributed by atoms with van der Waals surface area (Å²) in [6, 6.07) is 17.5. The number of amides is 1. The number of hydrogen-bond acceptors (Lipinski definition) is 4. The molecule has 2 heterocycles. The highest BCUT2D eigenvalue weighted by atomic mass is 16.5. The minimum Gasteiger partial charge on any atom is -0.493 e. The van der Waals surface area contributed by atoms with Crippen molar-refractivity contribution >= 4 is 28.5 Å². The summed E-state index contributed by atoms with van der Waals surface area (Å²) in [5.74, 6) is 0.413. The lowest BCUT2D eigenvalue weighted by Gasteiger charge is -2.10. The van der Waals surface area contributed by atoms with Crippen LogP contribution in [0.3, 0.4) is 0 Å². The summed E-state index contributed by atoms with van der Waals surface area (Å²) >= 11 is 0. The summed E-state index contributed by atoms with van der Waals surface area (Å²) in [5.41, 5.74) is 5.29. The van der Waals surface area contributed by atoms with Gasteiger partial charge in [-0.25, -0.2) is 10.4 Å². The van der Waals surface area contributed by atoms with E-state index in [1.165, 1.54) is 0 Å². The molecule has 6 heteroatoms. The molecule has 0 aliphatic carbocycles. The second-order valence-corrected chi connectivity index (χ2v) is 6.31. The molecule has 0 aliphatic rings. The van der Waals surface area contributed by atoms with Crippen LogP contribution >= 0.6 is 0 Å². The second-order valence-electron chi connectivity index (χ2n) is 6.31. The van der Waals surface area contributed by atoms with Crippen LogP contribution in [0.2, 0.25) is 0 Å². The lowest BCUT2D eigenvalue weighted by Crippen LogP contribution is -2.20. The number of carbonyl (C=O) groups is 1. The third-order valence-corrected chi connectivity index (χ3v) is 4.51. The van der Waals surface area contributed by atoms with Crippen molar-refractivity contribution in [3.05, 3.63) is 77.7 Å². The fourth-order valence-corrected chi connectivity index (χ4v) is 3.29. The van der Waals surface area contributed by atoms with E-state index in [1.807, 2.05) is 74.6 Å². The van der Waals surface area contributed by atoms with Gasteiger partial charge >= 0.3 is 0 Å². The molecule has 140 valence electrons. The largest absolute Gasteiger partial charge is 0.493 e. The van der Waals surface area contributed by atoms with Crippen LogP contribution in [0.25, 0.3) is 16.4 Å². The summed E-state index contributed by atoms with van der Waals surface area (Å²) in [7, 11) is 0. The van der Waals surface area contributed by atoms with Gasteiger partial charge in [0.05, 0.1) is 18.5 Å². The van der Waals surface area contributed by atoms with Crippen LogP contribution in [-0.2, 0) is 0 Å².